The second kappa shape index (κ2) is 5.36. The molecular weight excluding hydrogens is 256 g/mol. The molecule has 1 heterocycles. The van der Waals surface area contributed by atoms with Gasteiger partial charge in [-0.25, -0.2) is 0 Å². The van der Waals surface area contributed by atoms with Gasteiger partial charge in [0.2, 0.25) is 0 Å². The summed E-state index contributed by atoms with van der Waals surface area (Å²) in [6.45, 7) is 4.29. The fraction of sp³-hybridized carbons (Fsp3) is 0.200. The zero-order chi connectivity index (χ0) is 14.0. The van der Waals surface area contributed by atoms with Crippen molar-refractivity contribution in [3.8, 4) is 11.3 Å². The van der Waals surface area contributed by atoms with Crippen LogP contribution in [0.3, 0.4) is 0 Å². The number of hydrogen-bond acceptors (Lipinski definition) is 2. The van der Waals surface area contributed by atoms with Gasteiger partial charge < -0.3 is 10.7 Å². The summed E-state index contributed by atoms with van der Waals surface area (Å²) in [5.74, 6) is 0.491. The number of thiocarbonyl (C=S) groups is 1. The number of benzene rings is 1. The summed E-state index contributed by atoms with van der Waals surface area (Å²) in [5, 5.41) is 0. The standard InChI is InChI=1S/C15H16N2OS/c1-9(2)10-3-5-11(6-4-10)13-8-7-12(14(16)19)15(18)17-13/h3-9H,1-2H3,(H2,16,19)(H,17,18). The zero-order valence-corrected chi connectivity index (χ0v) is 11.8. The molecule has 0 aliphatic carbocycles. The fourth-order valence-electron chi connectivity index (χ4n) is 1.88. The van der Waals surface area contributed by atoms with Crippen LogP contribution < -0.4 is 11.3 Å². The first-order valence-electron chi connectivity index (χ1n) is 6.12. The van der Waals surface area contributed by atoms with E-state index < -0.39 is 0 Å². The molecule has 3 N–H and O–H groups in total. The predicted octanol–water partition coefficient (Wildman–Crippen LogP) is 2.80. The van der Waals surface area contributed by atoms with E-state index in [9.17, 15) is 4.79 Å². The Labute approximate surface area is 117 Å². The Hall–Kier alpha value is -1.94. The molecule has 0 saturated heterocycles. The van der Waals surface area contributed by atoms with Gasteiger partial charge >= 0.3 is 0 Å². The molecule has 0 radical (unpaired) electrons. The van der Waals surface area contributed by atoms with Gasteiger partial charge in [-0.15, -0.1) is 0 Å². The Morgan fingerprint density at radius 2 is 1.79 bits per heavy atom. The molecule has 0 bridgehead atoms. The number of nitrogens with two attached hydrogens (primary N) is 1. The van der Waals surface area contributed by atoms with Gasteiger partial charge in [0.25, 0.3) is 5.56 Å². The third kappa shape index (κ3) is 2.90. The highest BCUT2D eigenvalue weighted by molar-refractivity contribution is 7.80. The van der Waals surface area contributed by atoms with Gasteiger partial charge in [0.05, 0.1) is 5.56 Å². The first kappa shape index (κ1) is 13.5. The lowest BCUT2D eigenvalue weighted by molar-refractivity contribution is 0.867. The van der Waals surface area contributed by atoms with Crippen molar-refractivity contribution in [1.82, 2.24) is 4.98 Å². The van der Waals surface area contributed by atoms with Crippen molar-refractivity contribution >= 4 is 17.2 Å². The summed E-state index contributed by atoms with van der Waals surface area (Å²) < 4.78 is 0. The van der Waals surface area contributed by atoms with Gasteiger partial charge in [-0.05, 0) is 29.2 Å². The third-order valence-corrected chi connectivity index (χ3v) is 3.28. The average Bonchev–Trinajstić information content (AvgIpc) is 2.38. The van der Waals surface area contributed by atoms with Crippen LogP contribution in [0.15, 0.2) is 41.2 Å². The molecule has 3 nitrogen and oxygen atoms in total. The van der Waals surface area contributed by atoms with E-state index in [-0.39, 0.29) is 10.5 Å². The van der Waals surface area contributed by atoms with Crippen LogP contribution in [-0.2, 0) is 0 Å². The van der Waals surface area contributed by atoms with Crippen LogP contribution in [0.5, 0.6) is 0 Å². The van der Waals surface area contributed by atoms with E-state index >= 15 is 0 Å². The maximum Gasteiger partial charge on any atom is 0.258 e. The van der Waals surface area contributed by atoms with Crippen molar-refractivity contribution in [3.05, 3.63) is 57.9 Å². The highest BCUT2D eigenvalue weighted by atomic mass is 32.1. The van der Waals surface area contributed by atoms with Crippen molar-refractivity contribution < 1.29 is 0 Å². The van der Waals surface area contributed by atoms with Gasteiger partial charge in [0.15, 0.2) is 0 Å². The summed E-state index contributed by atoms with van der Waals surface area (Å²) >= 11 is 4.81. The van der Waals surface area contributed by atoms with Gasteiger partial charge in [-0.2, -0.15) is 0 Å². The summed E-state index contributed by atoms with van der Waals surface area (Å²) in [5.41, 5.74) is 8.56. The van der Waals surface area contributed by atoms with E-state index in [4.69, 9.17) is 18.0 Å². The molecule has 19 heavy (non-hydrogen) atoms. The topological polar surface area (TPSA) is 58.9 Å². The molecule has 0 spiro atoms. The number of aromatic nitrogens is 1. The molecular formula is C15H16N2OS. The van der Waals surface area contributed by atoms with E-state index in [0.29, 0.717) is 11.5 Å². The summed E-state index contributed by atoms with van der Waals surface area (Å²) in [4.78, 5) is 14.7. The van der Waals surface area contributed by atoms with Gasteiger partial charge in [-0.1, -0.05) is 50.3 Å². The maximum absolute atomic E-state index is 11.8. The number of nitrogens with one attached hydrogen (secondary N) is 1. The normalized spacial score (nSPS) is 10.7. The number of hydrogen-bond donors (Lipinski definition) is 2. The van der Waals surface area contributed by atoms with Gasteiger partial charge in [-0.3, -0.25) is 4.79 Å². The van der Waals surface area contributed by atoms with Crippen LogP contribution in [0, 0.1) is 0 Å². The molecule has 0 unspecified atom stereocenters. The van der Waals surface area contributed by atoms with E-state index in [1.54, 1.807) is 6.07 Å². The zero-order valence-electron chi connectivity index (χ0n) is 10.9. The minimum Gasteiger partial charge on any atom is -0.389 e. The molecule has 2 aromatic rings. The maximum atomic E-state index is 11.8. The summed E-state index contributed by atoms with van der Waals surface area (Å²) in [6, 6.07) is 11.6. The van der Waals surface area contributed by atoms with E-state index in [1.807, 2.05) is 18.2 Å². The second-order valence-corrected chi connectivity index (χ2v) is 5.20. The molecule has 0 saturated carbocycles. The minimum absolute atomic E-state index is 0.114. The lowest BCUT2D eigenvalue weighted by Gasteiger charge is -2.07. The monoisotopic (exact) mass is 272 g/mol. The van der Waals surface area contributed by atoms with Crippen molar-refractivity contribution in [3.63, 3.8) is 0 Å². The molecule has 0 amide bonds. The smallest absolute Gasteiger partial charge is 0.258 e. The van der Waals surface area contributed by atoms with E-state index in [0.717, 1.165) is 11.3 Å². The molecule has 1 aromatic heterocycles. The average molecular weight is 272 g/mol. The Balaban J connectivity index is 2.40. The fourth-order valence-corrected chi connectivity index (χ4v) is 2.04. The molecule has 2 rings (SSSR count). The summed E-state index contributed by atoms with van der Waals surface area (Å²) in [7, 11) is 0. The Bertz CT molecular complexity index is 657. The van der Waals surface area contributed by atoms with Crippen LogP contribution in [0.2, 0.25) is 0 Å². The Morgan fingerprint density at radius 1 is 1.16 bits per heavy atom. The van der Waals surface area contributed by atoms with Crippen LogP contribution >= 0.6 is 12.2 Å². The molecule has 1 aromatic carbocycles. The molecule has 0 fully saturated rings. The quantitative estimate of drug-likeness (QED) is 0.845. The Morgan fingerprint density at radius 3 is 2.26 bits per heavy atom. The lowest BCUT2D eigenvalue weighted by Crippen LogP contribution is -2.22. The lowest BCUT2D eigenvalue weighted by atomic mass is 10.0. The van der Waals surface area contributed by atoms with Gasteiger partial charge in [0, 0.05) is 5.69 Å². The van der Waals surface area contributed by atoms with Crippen molar-refractivity contribution in [2.45, 2.75) is 19.8 Å². The summed E-state index contributed by atoms with van der Waals surface area (Å²) in [6.07, 6.45) is 0. The SMILES string of the molecule is CC(C)c1ccc(-c2ccc(C(N)=S)c(=O)[nH]2)cc1. The van der Waals surface area contributed by atoms with Crippen LogP contribution in [0.4, 0.5) is 0 Å². The van der Waals surface area contributed by atoms with E-state index in [2.05, 4.69) is 31.0 Å². The number of pyridine rings is 1. The highest BCUT2D eigenvalue weighted by Gasteiger charge is 2.06. The first-order valence-corrected chi connectivity index (χ1v) is 6.53. The first-order chi connectivity index (χ1) is 8.99. The third-order valence-electron chi connectivity index (χ3n) is 3.06. The molecule has 0 aliphatic heterocycles. The molecule has 0 atom stereocenters. The number of H-pyrrole nitrogens is 1. The van der Waals surface area contributed by atoms with Crippen LogP contribution in [-0.4, -0.2) is 9.97 Å². The molecule has 4 heteroatoms. The molecule has 98 valence electrons. The second-order valence-electron chi connectivity index (χ2n) is 4.76. The van der Waals surface area contributed by atoms with Crippen LogP contribution in [0.1, 0.15) is 30.9 Å². The van der Waals surface area contributed by atoms with E-state index in [1.165, 1.54) is 5.56 Å². The largest absolute Gasteiger partial charge is 0.389 e. The predicted molar refractivity (Wildman–Crippen MR) is 82.5 cm³/mol. The van der Waals surface area contributed by atoms with Crippen molar-refractivity contribution in [2.24, 2.45) is 5.73 Å². The minimum atomic E-state index is -0.252. The highest BCUT2D eigenvalue weighted by Crippen LogP contribution is 2.20. The van der Waals surface area contributed by atoms with Crippen LogP contribution in [0.25, 0.3) is 11.3 Å². The Kier molecular flexibility index (Phi) is 3.81. The van der Waals surface area contributed by atoms with Gasteiger partial charge in [0.1, 0.15) is 4.99 Å². The van der Waals surface area contributed by atoms with Crippen molar-refractivity contribution in [2.75, 3.05) is 0 Å². The van der Waals surface area contributed by atoms with Crippen molar-refractivity contribution in [1.29, 1.82) is 0 Å². The number of aromatic amines is 1. The number of rotatable bonds is 3. The molecule has 0 aliphatic rings.